The van der Waals surface area contributed by atoms with Gasteiger partial charge in [-0.3, -0.25) is 9.78 Å². The minimum absolute atomic E-state index is 0.00268. The molecule has 0 bridgehead atoms. The number of fused-ring (bicyclic) bond motifs is 3. The van der Waals surface area contributed by atoms with E-state index in [1.807, 2.05) is 12.1 Å². The molecule has 3 aromatic rings. The molecule has 2 N–H and O–H groups in total. The van der Waals surface area contributed by atoms with E-state index in [-0.39, 0.29) is 11.7 Å². The van der Waals surface area contributed by atoms with Gasteiger partial charge in [0, 0.05) is 41.3 Å². The number of carbonyl (C=O) groups excluding carboxylic acids is 1. The number of hydrogen-bond donors (Lipinski definition) is 2. The molecule has 5 rings (SSSR count). The van der Waals surface area contributed by atoms with Gasteiger partial charge < -0.3 is 20.1 Å². The second-order valence-corrected chi connectivity index (χ2v) is 10.7. The van der Waals surface area contributed by atoms with Gasteiger partial charge in [0.1, 0.15) is 0 Å². The molecule has 1 atom stereocenters. The third kappa shape index (κ3) is 5.80. The molecule has 0 saturated carbocycles. The average Bonchev–Trinajstić information content (AvgIpc) is 3.26. The number of para-hydroxylation sites is 1. The maximum atomic E-state index is 12.8. The van der Waals surface area contributed by atoms with Crippen molar-refractivity contribution in [3.8, 4) is 11.5 Å². The zero-order valence-electron chi connectivity index (χ0n) is 22.9. The van der Waals surface area contributed by atoms with E-state index in [9.17, 15) is 4.79 Å². The highest BCUT2D eigenvalue weighted by Gasteiger charge is 2.31. The van der Waals surface area contributed by atoms with Crippen LogP contribution in [-0.2, 0) is 19.3 Å². The molecule has 2 aromatic carbocycles. The highest BCUT2D eigenvalue weighted by atomic mass is 16.5. The van der Waals surface area contributed by atoms with Gasteiger partial charge in [-0.15, -0.1) is 0 Å². The number of nitrogens with one attached hydrogen (secondary N) is 2. The summed E-state index contributed by atoms with van der Waals surface area (Å²) in [5.74, 6) is 1.53. The summed E-state index contributed by atoms with van der Waals surface area (Å²) in [4.78, 5) is 17.8. The van der Waals surface area contributed by atoms with E-state index in [0.717, 1.165) is 62.0 Å². The molecule has 6 nitrogen and oxygen atoms in total. The second-order valence-electron chi connectivity index (χ2n) is 10.7. The largest absolute Gasteiger partial charge is 0.493 e. The SMILES string of the molecule is COc1cc2c(cc1OC)C(=O)C(CNCCCCCCCNc1c3c(nc4ccccc14)CCCC3)C2. The number of aryl methyl sites for hydroxylation is 1. The highest BCUT2D eigenvalue weighted by molar-refractivity contribution is 6.03. The van der Waals surface area contributed by atoms with Crippen molar-refractivity contribution < 1.29 is 14.3 Å². The number of anilines is 1. The van der Waals surface area contributed by atoms with Gasteiger partial charge in [0.05, 0.1) is 19.7 Å². The van der Waals surface area contributed by atoms with Crippen molar-refractivity contribution in [1.29, 1.82) is 0 Å². The van der Waals surface area contributed by atoms with Crippen molar-refractivity contribution in [2.75, 3.05) is 39.2 Å². The molecule has 0 saturated heterocycles. The van der Waals surface area contributed by atoms with Crippen LogP contribution in [0.5, 0.6) is 11.5 Å². The van der Waals surface area contributed by atoms with Gasteiger partial charge >= 0.3 is 0 Å². The molecule has 0 fully saturated rings. The Morgan fingerprint density at radius 1 is 0.921 bits per heavy atom. The van der Waals surface area contributed by atoms with E-state index in [1.165, 1.54) is 60.9 Å². The molecule has 2 aliphatic rings. The van der Waals surface area contributed by atoms with Crippen LogP contribution in [0.15, 0.2) is 36.4 Å². The summed E-state index contributed by atoms with van der Waals surface area (Å²) < 4.78 is 10.8. The van der Waals surface area contributed by atoms with Crippen LogP contribution < -0.4 is 20.1 Å². The zero-order valence-corrected chi connectivity index (χ0v) is 22.9. The standard InChI is InChI=1S/C32H41N3O3/c1-37-29-19-22-18-23(32(36)26(22)20-30(29)38-2)21-33-16-10-4-3-5-11-17-34-31-24-12-6-8-14-27(24)35-28-15-9-7-13-25(28)31/h6,8,12,14,19-20,23,33H,3-5,7,9-11,13,15-18,21H2,1-2H3,(H,34,35). The molecule has 202 valence electrons. The quantitative estimate of drug-likeness (QED) is 0.267. The molecular formula is C32H41N3O3. The second kappa shape index (κ2) is 12.6. The summed E-state index contributed by atoms with van der Waals surface area (Å²) in [6.07, 6.45) is 11.6. The Morgan fingerprint density at radius 3 is 2.50 bits per heavy atom. The molecule has 1 aromatic heterocycles. The topological polar surface area (TPSA) is 72.5 Å². The maximum absolute atomic E-state index is 12.8. The van der Waals surface area contributed by atoms with Gasteiger partial charge in [-0.1, -0.05) is 37.5 Å². The lowest BCUT2D eigenvalue weighted by Gasteiger charge is -2.21. The predicted molar refractivity (Wildman–Crippen MR) is 154 cm³/mol. The van der Waals surface area contributed by atoms with Crippen molar-refractivity contribution >= 4 is 22.4 Å². The number of carbonyl (C=O) groups is 1. The summed E-state index contributed by atoms with van der Waals surface area (Å²) in [5.41, 5.74) is 7.04. The van der Waals surface area contributed by atoms with Crippen molar-refractivity contribution in [2.24, 2.45) is 5.92 Å². The Morgan fingerprint density at radius 2 is 1.66 bits per heavy atom. The Balaban J connectivity index is 0.989. The minimum atomic E-state index is 0.00268. The van der Waals surface area contributed by atoms with Crippen LogP contribution in [0.3, 0.4) is 0 Å². The Kier molecular flexibility index (Phi) is 8.79. The molecule has 2 aliphatic carbocycles. The van der Waals surface area contributed by atoms with Gasteiger partial charge in [0.15, 0.2) is 17.3 Å². The van der Waals surface area contributed by atoms with E-state index < -0.39 is 0 Å². The number of ketones is 1. The summed E-state index contributed by atoms with van der Waals surface area (Å²) in [5, 5.41) is 8.57. The summed E-state index contributed by atoms with van der Waals surface area (Å²) in [7, 11) is 3.24. The monoisotopic (exact) mass is 515 g/mol. The molecule has 6 heteroatoms. The summed E-state index contributed by atoms with van der Waals surface area (Å²) >= 11 is 0. The Bertz CT molecular complexity index is 1270. The van der Waals surface area contributed by atoms with Crippen LogP contribution in [0.2, 0.25) is 0 Å². The highest BCUT2D eigenvalue weighted by Crippen LogP contribution is 2.37. The molecule has 1 heterocycles. The zero-order chi connectivity index (χ0) is 26.3. The number of ether oxygens (including phenoxy) is 2. The number of nitrogens with zero attached hydrogens (tertiary/aromatic N) is 1. The van der Waals surface area contributed by atoms with E-state index in [4.69, 9.17) is 14.5 Å². The lowest BCUT2D eigenvalue weighted by atomic mass is 9.92. The number of methoxy groups -OCH3 is 2. The molecule has 0 aliphatic heterocycles. The van der Waals surface area contributed by atoms with Crippen LogP contribution in [0.25, 0.3) is 10.9 Å². The molecule has 38 heavy (non-hydrogen) atoms. The number of rotatable bonds is 13. The number of benzene rings is 2. The molecule has 0 amide bonds. The Hall–Kier alpha value is -3.12. The first kappa shape index (κ1) is 26.5. The summed E-state index contributed by atoms with van der Waals surface area (Å²) in [6, 6.07) is 12.3. The molecule has 0 radical (unpaired) electrons. The van der Waals surface area contributed by atoms with E-state index in [1.54, 1.807) is 14.2 Å². The first-order valence-electron chi connectivity index (χ1n) is 14.3. The summed E-state index contributed by atoms with van der Waals surface area (Å²) in [6.45, 7) is 2.70. The van der Waals surface area contributed by atoms with Crippen LogP contribution in [0, 0.1) is 5.92 Å². The third-order valence-corrected chi connectivity index (χ3v) is 8.10. The molecule has 1 unspecified atom stereocenters. The fourth-order valence-electron chi connectivity index (χ4n) is 6.03. The van der Waals surface area contributed by atoms with Crippen LogP contribution in [-0.4, -0.2) is 44.6 Å². The first-order chi connectivity index (χ1) is 18.7. The van der Waals surface area contributed by atoms with Gasteiger partial charge in [-0.05, 0) is 80.8 Å². The number of unbranched alkanes of at least 4 members (excludes halogenated alkanes) is 4. The average molecular weight is 516 g/mol. The van der Waals surface area contributed by atoms with Crippen molar-refractivity contribution in [3.63, 3.8) is 0 Å². The van der Waals surface area contributed by atoms with Gasteiger partial charge in [-0.25, -0.2) is 0 Å². The van der Waals surface area contributed by atoms with Crippen molar-refractivity contribution in [1.82, 2.24) is 10.3 Å². The van der Waals surface area contributed by atoms with Gasteiger partial charge in [-0.2, -0.15) is 0 Å². The number of aromatic nitrogens is 1. The maximum Gasteiger partial charge on any atom is 0.167 e. The van der Waals surface area contributed by atoms with Crippen molar-refractivity contribution in [3.05, 3.63) is 58.8 Å². The fourth-order valence-corrected chi connectivity index (χ4v) is 6.03. The number of Topliss-reactive ketones (excluding diaryl/α,β-unsaturated/α-hetero) is 1. The number of hydrogen-bond acceptors (Lipinski definition) is 6. The third-order valence-electron chi connectivity index (χ3n) is 8.10. The number of pyridine rings is 1. The molecule has 0 spiro atoms. The fraction of sp³-hybridized carbons (Fsp3) is 0.500. The Labute approximate surface area is 226 Å². The van der Waals surface area contributed by atoms with Crippen molar-refractivity contribution in [2.45, 2.75) is 64.2 Å². The van der Waals surface area contributed by atoms with Gasteiger partial charge in [0.25, 0.3) is 0 Å². The van der Waals surface area contributed by atoms with E-state index in [0.29, 0.717) is 11.5 Å². The molecular weight excluding hydrogens is 474 g/mol. The normalized spacial score (nSPS) is 16.4. The van der Waals surface area contributed by atoms with E-state index in [2.05, 4.69) is 34.9 Å². The van der Waals surface area contributed by atoms with Crippen LogP contribution >= 0.6 is 0 Å². The lowest BCUT2D eigenvalue weighted by Crippen LogP contribution is -2.27. The van der Waals surface area contributed by atoms with Crippen LogP contribution in [0.4, 0.5) is 5.69 Å². The predicted octanol–water partition coefficient (Wildman–Crippen LogP) is 6.14. The van der Waals surface area contributed by atoms with Gasteiger partial charge in [0.2, 0.25) is 0 Å². The smallest absolute Gasteiger partial charge is 0.167 e. The lowest BCUT2D eigenvalue weighted by molar-refractivity contribution is 0.0935. The minimum Gasteiger partial charge on any atom is -0.493 e. The van der Waals surface area contributed by atoms with Crippen LogP contribution in [0.1, 0.15) is 72.1 Å². The van der Waals surface area contributed by atoms with E-state index >= 15 is 0 Å². The first-order valence-corrected chi connectivity index (χ1v) is 14.3.